The zero-order valence-electron chi connectivity index (χ0n) is 35.5. The van der Waals surface area contributed by atoms with Crippen molar-refractivity contribution in [2.24, 2.45) is 33.5 Å². The number of nitrogens with zero attached hydrogens (tertiary/aromatic N) is 3. The highest BCUT2D eigenvalue weighted by Crippen LogP contribution is 2.88. The van der Waals surface area contributed by atoms with Gasteiger partial charge in [0.15, 0.2) is 5.78 Å². The van der Waals surface area contributed by atoms with E-state index in [9.17, 15) is 19.2 Å². The minimum absolute atomic E-state index is 0.00160. The fraction of sp³-hybridized carbons (Fsp3) is 0.884. The SMILES string of the molecule is CCC1CC1(NC(=O)C1CC2(CN1C(=O)C(NC(=O)C(NC(=O)C1CCCN1CC)C1CCCCC1)C(C)(C)C)C(C)(C)C21CCC1)C(=O)CSN(C)CC. The second-order valence-corrected chi connectivity index (χ2v) is 20.9. The molecular formula is C43H72N6O5S. The number of hydrogen-bond donors (Lipinski definition) is 3. The number of amides is 4. The highest BCUT2D eigenvalue weighted by Gasteiger charge is 2.85. The van der Waals surface area contributed by atoms with Crippen LogP contribution in [-0.4, -0.2) is 112 Å². The molecule has 7 atom stereocenters. The summed E-state index contributed by atoms with van der Waals surface area (Å²) in [4.78, 5) is 76.0. The number of likely N-dealkylation sites (tertiary alicyclic amines) is 2. The molecule has 12 heteroatoms. The van der Waals surface area contributed by atoms with Gasteiger partial charge in [-0.05, 0) is 99.6 Å². The maximum Gasteiger partial charge on any atom is 0.246 e. The topological polar surface area (TPSA) is 131 Å². The van der Waals surface area contributed by atoms with E-state index in [1.807, 2.05) is 39.0 Å². The Labute approximate surface area is 335 Å². The van der Waals surface area contributed by atoms with E-state index in [1.54, 1.807) is 4.90 Å². The Bertz CT molecular complexity index is 1490. The summed E-state index contributed by atoms with van der Waals surface area (Å²) in [6, 6.07) is -2.62. The van der Waals surface area contributed by atoms with Crippen molar-refractivity contribution >= 4 is 41.4 Å². The van der Waals surface area contributed by atoms with Crippen molar-refractivity contribution in [1.82, 2.24) is 30.1 Å². The van der Waals surface area contributed by atoms with Crippen molar-refractivity contribution in [3.63, 3.8) is 0 Å². The summed E-state index contributed by atoms with van der Waals surface area (Å²) >= 11 is 1.48. The largest absolute Gasteiger partial charge is 0.343 e. The lowest BCUT2D eigenvalue weighted by atomic mass is 9.73. The van der Waals surface area contributed by atoms with Crippen LogP contribution < -0.4 is 16.0 Å². The van der Waals surface area contributed by atoms with Gasteiger partial charge in [0, 0.05) is 18.5 Å². The molecule has 6 fully saturated rings. The fourth-order valence-electron chi connectivity index (χ4n) is 11.8. The Morgan fingerprint density at radius 2 is 1.55 bits per heavy atom. The molecule has 6 aliphatic rings. The molecule has 3 N–H and O–H groups in total. The van der Waals surface area contributed by atoms with Crippen LogP contribution >= 0.6 is 11.9 Å². The fourth-order valence-corrected chi connectivity index (χ4v) is 12.6. The van der Waals surface area contributed by atoms with Gasteiger partial charge in [-0.1, -0.05) is 99.4 Å². The van der Waals surface area contributed by atoms with Crippen LogP contribution in [0, 0.1) is 33.5 Å². The molecule has 2 saturated heterocycles. The number of nitrogens with one attached hydrogen (secondary N) is 3. The van der Waals surface area contributed by atoms with Crippen molar-refractivity contribution in [3.8, 4) is 0 Å². The third kappa shape index (κ3) is 7.40. The molecule has 55 heavy (non-hydrogen) atoms. The lowest BCUT2D eigenvalue weighted by molar-refractivity contribution is -0.145. The Balaban J connectivity index is 1.26. The summed E-state index contributed by atoms with van der Waals surface area (Å²) < 4.78 is 2.03. The van der Waals surface area contributed by atoms with Crippen LogP contribution in [-0.2, 0) is 24.0 Å². The average molecular weight is 785 g/mol. The molecule has 0 aromatic carbocycles. The van der Waals surface area contributed by atoms with Crippen LogP contribution in [0.4, 0.5) is 0 Å². The molecular weight excluding hydrogens is 713 g/mol. The van der Waals surface area contributed by atoms with Crippen molar-refractivity contribution in [2.75, 3.05) is 39.0 Å². The zero-order chi connectivity index (χ0) is 40.1. The number of rotatable bonds is 15. The van der Waals surface area contributed by atoms with Crippen molar-refractivity contribution < 1.29 is 24.0 Å². The van der Waals surface area contributed by atoms with Crippen molar-refractivity contribution in [2.45, 2.75) is 169 Å². The van der Waals surface area contributed by atoms with Crippen molar-refractivity contribution in [1.29, 1.82) is 0 Å². The number of ketones is 1. The van der Waals surface area contributed by atoms with Crippen LogP contribution in [0.25, 0.3) is 0 Å². The molecule has 0 bridgehead atoms. The molecule has 2 spiro atoms. The summed E-state index contributed by atoms with van der Waals surface area (Å²) in [5.74, 6) is -0.494. The van der Waals surface area contributed by atoms with Gasteiger partial charge in [-0.2, -0.15) is 0 Å². The zero-order valence-corrected chi connectivity index (χ0v) is 36.3. The molecule has 0 aromatic heterocycles. The molecule has 4 saturated carbocycles. The Morgan fingerprint density at radius 1 is 0.855 bits per heavy atom. The second-order valence-electron chi connectivity index (χ2n) is 19.7. The van der Waals surface area contributed by atoms with Crippen LogP contribution in [0.3, 0.4) is 0 Å². The first-order chi connectivity index (χ1) is 25.9. The summed E-state index contributed by atoms with van der Waals surface area (Å²) in [6.07, 6.45) is 11.9. The molecule has 310 valence electrons. The monoisotopic (exact) mass is 785 g/mol. The smallest absolute Gasteiger partial charge is 0.246 e. The summed E-state index contributed by atoms with van der Waals surface area (Å²) in [5, 5.41) is 9.68. The third-order valence-electron chi connectivity index (χ3n) is 15.9. The number of carbonyl (C=O) groups is 5. The summed E-state index contributed by atoms with van der Waals surface area (Å²) in [7, 11) is 1.97. The van der Waals surface area contributed by atoms with Gasteiger partial charge in [0.05, 0.1) is 11.8 Å². The Kier molecular flexibility index (Phi) is 12.2. The minimum Gasteiger partial charge on any atom is -0.343 e. The van der Waals surface area contributed by atoms with Gasteiger partial charge in [-0.3, -0.25) is 33.2 Å². The van der Waals surface area contributed by atoms with E-state index in [0.29, 0.717) is 25.1 Å². The van der Waals surface area contributed by atoms with Crippen LogP contribution in [0.1, 0.15) is 139 Å². The van der Waals surface area contributed by atoms with Crippen LogP contribution in [0.2, 0.25) is 0 Å². The molecule has 2 heterocycles. The van der Waals surface area contributed by atoms with Gasteiger partial charge in [-0.15, -0.1) is 0 Å². The summed E-state index contributed by atoms with van der Waals surface area (Å²) in [6.45, 7) is 19.6. The summed E-state index contributed by atoms with van der Waals surface area (Å²) in [5.41, 5.74) is -1.71. The van der Waals surface area contributed by atoms with E-state index >= 15 is 4.79 Å². The standard InChI is InChI=1S/C43H72N6O5S/c1-10-29-24-43(29,32(50)26-55-47(9)11-2)46-36(52)31-25-42(40(7,8)41(42)21-17-22-41)27-49(31)38(54)34(39(4,5)6)45-37(53)33(28-18-14-13-15-19-28)44-35(51)30-20-16-23-48(30)12-3/h28-31,33-34H,10-27H2,1-9H3,(H,44,51)(H,45,53)(H,46,52). The van der Waals surface area contributed by atoms with E-state index in [4.69, 9.17) is 0 Å². The van der Waals surface area contributed by atoms with Crippen LogP contribution in [0.5, 0.6) is 0 Å². The van der Waals surface area contributed by atoms with E-state index in [2.05, 4.69) is 48.5 Å². The lowest BCUT2D eigenvalue weighted by Crippen LogP contribution is -2.62. The second kappa shape index (κ2) is 15.9. The van der Waals surface area contributed by atoms with E-state index in [0.717, 1.165) is 90.3 Å². The first-order valence-electron chi connectivity index (χ1n) is 21.8. The number of fused-ring (bicyclic) bond motifs is 1. The van der Waals surface area contributed by atoms with Gasteiger partial charge in [-0.25, -0.2) is 0 Å². The first kappa shape index (κ1) is 42.4. The molecule has 4 amide bonds. The molecule has 6 rings (SSSR count). The molecule has 7 unspecified atom stereocenters. The predicted molar refractivity (Wildman–Crippen MR) is 218 cm³/mol. The lowest BCUT2D eigenvalue weighted by Gasteiger charge is -2.38. The Morgan fingerprint density at radius 3 is 2.09 bits per heavy atom. The van der Waals surface area contributed by atoms with E-state index < -0.39 is 29.1 Å². The van der Waals surface area contributed by atoms with E-state index in [-0.39, 0.29) is 63.5 Å². The minimum atomic E-state index is -0.910. The van der Waals surface area contributed by atoms with Crippen LogP contribution in [0.15, 0.2) is 0 Å². The van der Waals surface area contributed by atoms with Gasteiger partial charge < -0.3 is 20.9 Å². The highest BCUT2D eigenvalue weighted by atomic mass is 32.2. The normalized spacial score (nSPS) is 32.3. The Hall–Kier alpha value is -2.18. The van der Waals surface area contributed by atoms with Crippen molar-refractivity contribution in [3.05, 3.63) is 0 Å². The van der Waals surface area contributed by atoms with Gasteiger partial charge in [0.25, 0.3) is 0 Å². The number of Topliss-reactive ketones (excluding diaryl/α,β-unsaturated/α-hetero) is 1. The highest BCUT2D eigenvalue weighted by molar-refractivity contribution is 7.97. The molecule has 0 radical (unpaired) electrons. The maximum atomic E-state index is 15.2. The molecule has 11 nitrogen and oxygen atoms in total. The number of carbonyl (C=O) groups excluding carboxylic acids is 5. The third-order valence-corrected chi connectivity index (χ3v) is 17.0. The van der Waals surface area contributed by atoms with E-state index in [1.165, 1.54) is 11.9 Å². The molecule has 2 aliphatic heterocycles. The maximum absolute atomic E-state index is 15.2. The number of likely N-dealkylation sites (N-methyl/N-ethyl adjacent to an activating group) is 1. The van der Waals surface area contributed by atoms with Gasteiger partial charge in [0.2, 0.25) is 23.6 Å². The molecule has 0 aromatic rings. The molecule has 4 aliphatic carbocycles. The predicted octanol–water partition coefficient (Wildman–Crippen LogP) is 5.32. The number of hydrogen-bond acceptors (Lipinski definition) is 8. The van der Waals surface area contributed by atoms with Gasteiger partial charge >= 0.3 is 0 Å². The first-order valence-corrected chi connectivity index (χ1v) is 22.7. The average Bonchev–Trinajstić information content (AvgIpc) is 3.65. The quantitative estimate of drug-likeness (QED) is 0.191. The van der Waals surface area contributed by atoms with Gasteiger partial charge in [0.1, 0.15) is 23.7 Å².